The molecule has 0 radical (unpaired) electrons. The second kappa shape index (κ2) is 8.44. The van der Waals surface area contributed by atoms with Crippen LogP contribution in [0, 0.1) is 6.92 Å². The number of methoxy groups -OCH3 is 1. The highest BCUT2D eigenvalue weighted by molar-refractivity contribution is 6.22. The molecule has 6 heteroatoms. The predicted molar refractivity (Wildman–Crippen MR) is 118 cm³/mol. The first kappa shape index (κ1) is 20.3. The molecule has 0 aliphatic carbocycles. The van der Waals surface area contributed by atoms with E-state index >= 15 is 0 Å². The van der Waals surface area contributed by atoms with E-state index in [0.717, 1.165) is 11.1 Å². The average Bonchev–Trinajstić information content (AvgIpc) is 3.02. The van der Waals surface area contributed by atoms with Crippen molar-refractivity contribution in [2.45, 2.75) is 13.3 Å². The normalized spacial score (nSPS) is 12.6. The molecule has 6 nitrogen and oxygen atoms in total. The Morgan fingerprint density at radius 3 is 2.42 bits per heavy atom. The van der Waals surface area contributed by atoms with E-state index in [-0.39, 0.29) is 23.3 Å². The summed E-state index contributed by atoms with van der Waals surface area (Å²) >= 11 is 0. The van der Waals surface area contributed by atoms with Crippen LogP contribution in [0.4, 0.5) is 5.69 Å². The molecule has 0 saturated heterocycles. The minimum absolute atomic E-state index is 0.252. The van der Waals surface area contributed by atoms with Crippen molar-refractivity contribution in [3.8, 4) is 5.75 Å². The molecule has 0 bridgehead atoms. The lowest BCUT2D eigenvalue weighted by Crippen LogP contribution is -2.31. The van der Waals surface area contributed by atoms with E-state index in [0.29, 0.717) is 35.5 Å². The van der Waals surface area contributed by atoms with E-state index in [9.17, 15) is 14.4 Å². The van der Waals surface area contributed by atoms with Gasteiger partial charge in [-0.2, -0.15) is 0 Å². The number of rotatable bonds is 6. The van der Waals surface area contributed by atoms with Crippen LogP contribution in [-0.4, -0.2) is 36.3 Å². The number of imide groups is 1. The lowest BCUT2D eigenvalue weighted by molar-refractivity contribution is 0.0656. The van der Waals surface area contributed by atoms with Crippen LogP contribution in [0.1, 0.15) is 42.2 Å². The first-order chi connectivity index (χ1) is 15.0. The highest BCUT2D eigenvalue weighted by Gasteiger charge is 2.35. The smallest absolute Gasteiger partial charge is 0.261 e. The zero-order chi connectivity index (χ0) is 22.0. The Labute approximate surface area is 180 Å². The molecule has 1 N–H and O–H groups in total. The first-order valence-electron chi connectivity index (χ1n) is 9.98. The minimum Gasteiger partial charge on any atom is -0.495 e. The van der Waals surface area contributed by atoms with Gasteiger partial charge in [0.2, 0.25) is 0 Å². The van der Waals surface area contributed by atoms with Gasteiger partial charge in [-0.3, -0.25) is 19.3 Å². The highest BCUT2D eigenvalue weighted by atomic mass is 16.5. The van der Waals surface area contributed by atoms with Gasteiger partial charge in [-0.05, 0) is 54.8 Å². The van der Waals surface area contributed by atoms with Gasteiger partial charge in [0.15, 0.2) is 0 Å². The van der Waals surface area contributed by atoms with Crippen LogP contribution in [0.5, 0.6) is 5.75 Å². The molecule has 1 aliphatic heterocycles. The Balaban J connectivity index is 1.53. The molecule has 1 heterocycles. The summed E-state index contributed by atoms with van der Waals surface area (Å²) in [5, 5.41) is 2.82. The Morgan fingerprint density at radius 2 is 1.68 bits per heavy atom. The third-order valence-corrected chi connectivity index (χ3v) is 5.30. The van der Waals surface area contributed by atoms with E-state index in [1.807, 2.05) is 49.4 Å². The number of nitrogens with zero attached hydrogens (tertiary/aromatic N) is 1. The third-order valence-electron chi connectivity index (χ3n) is 5.30. The highest BCUT2D eigenvalue weighted by Crippen LogP contribution is 2.28. The topological polar surface area (TPSA) is 75.7 Å². The molecule has 4 rings (SSSR count). The van der Waals surface area contributed by atoms with Crippen molar-refractivity contribution in [2.75, 3.05) is 19.0 Å². The fraction of sp³-hybridized carbons (Fsp3) is 0.160. The van der Waals surface area contributed by atoms with Crippen LogP contribution in [-0.2, 0) is 6.42 Å². The van der Waals surface area contributed by atoms with Crippen LogP contribution >= 0.6 is 0 Å². The summed E-state index contributed by atoms with van der Waals surface area (Å²) < 4.78 is 5.30. The largest absolute Gasteiger partial charge is 0.495 e. The van der Waals surface area contributed by atoms with Crippen molar-refractivity contribution in [1.29, 1.82) is 0 Å². The average molecular weight is 414 g/mol. The van der Waals surface area contributed by atoms with Crippen molar-refractivity contribution in [3.05, 3.63) is 94.5 Å². The second-order valence-corrected chi connectivity index (χ2v) is 7.42. The standard InChI is InChI=1S/C25H22N2O4/c1-16-8-11-22(31-2)21(14-16)26-23(28)18-9-10-19-20(15-18)25(30)27(24(19)29)13-12-17-6-4-3-5-7-17/h3-11,14-15H,12-13H2,1-2H3,(H,26,28). The van der Waals surface area contributed by atoms with Gasteiger partial charge >= 0.3 is 0 Å². The number of amides is 3. The summed E-state index contributed by atoms with van der Waals surface area (Å²) in [4.78, 5) is 39.6. The molecular formula is C25H22N2O4. The number of aryl methyl sites for hydroxylation is 1. The SMILES string of the molecule is COc1ccc(C)cc1NC(=O)c1ccc2c(c1)C(=O)N(CCc1ccccc1)C2=O. The number of carbonyl (C=O) groups excluding carboxylic acids is 3. The molecule has 0 saturated carbocycles. The van der Waals surface area contributed by atoms with Crippen LogP contribution in [0.2, 0.25) is 0 Å². The van der Waals surface area contributed by atoms with Gasteiger partial charge in [0.05, 0.1) is 23.9 Å². The van der Waals surface area contributed by atoms with Gasteiger partial charge in [-0.25, -0.2) is 0 Å². The molecule has 31 heavy (non-hydrogen) atoms. The van der Waals surface area contributed by atoms with Crippen LogP contribution in [0.25, 0.3) is 0 Å². The van der Waals surface area contributed by atoms with E-state index in [4.69, 9.17) is 4.74 Å². The van der Waals surface area contributed by atoms with E-state index < -0.39 is 0 Å². The molecule has 0 atom stereocenters. The Bertz CT molecular complexity index is 1170. The number of nitrogens with one attached hydrogen (secondary N) is 1. The van der Waals surface area contributed by atoms with Crippen molar-refractivity contribution in [3.63, 3.8) is 0 Å². The number of ether oxygens (including phenoxy) is 1. The predicted octanol–water partition coefficient (Wildman–Crippen LogP) is 4.09. The number of benzene rings is 3. The van der Waals surface area contributed by atoms with Crippen molar-refractivity contribution >= 4 is 23.4 Å². The Hall–Kier alpha value is -3.93. The number of carbonyl (C=O) groups is 3. The molecule has 1 aliphatic rings. The van der Waals surface area contributed by atoms with E-state index in [1.165, 1.54) is 18.1 Å². The Morgan fingerprint density at radius 1 is 0.935 bits per heavy atom. The van der Waals surface area contributed by atoms with Gasteiger partial charge in [0.1, 0.15) is 5.75 Å². The number of anilines is 1. The van der Waals surface area contributed by atoms with Crippen molar-refractivity contribution < 1.29 is 19.1 Å². The maximum Gasteiger partial charge on any atom is 0.261 e. The molecule has 0 fully saturated rings. The minimum atomic E-state index is -0.380. The molecule has 0 unspecified atom stereocenters. The summed E-state index contributed by atoms with van der Waals surface area (Å²) in [7, 11) is 1.53. The zero-order valence-corrected chi connectivity index (χ0v) is 17.3. The lowest BCUT2D eigenvalue weighted by atomic mass is 10.1. The fourth-order valence-corrected chi connectivity index (χ4v) is 3.63. The molecular weight excluding hydrogens is 392 g/mol. The lowest BCUT2D eigenvalue weighted by Gasteiger charge is -2.13. The van der Waals surface area contributed by atoms with Crippen LogP contribution < -0.4 is 10.1 Å². The van der Waals surface area contributed by atoms with Gasteiger partial charge in [-0.15, -0.1) is 0 Å². The Kier molecular flexibility index (Phi) is 5.54. The number of hydrogen-bond donors (Lipinski definition) is 1. The summed E-state index contributed by atoms with van der Waals surface area (Å²) in [6.07, 6.45) is 0.576. The second-order valence-electron chi connectivity index (χ2n) is 7.42. The molecule has 3 amide bonds. The van der Waals surface area contributed by atoms with Gasteiger partial charge in [0, 0.05) is 12.1 Å². The monoisotopic (exact) mass is 414 g/mol. The first-order valence-corrected chi connectivity index (χ1v) is 9.98. The molecule has 0 spiro atoms. The summed E-state index contributed by atoms with van der Waals surface area (Å²) in [5.41, 5.74) is 3.43. The van der Waals surface area contributed by atoms with Crippen molar-refractivity contribution in [2.24, 2.45) is 0 Å². The maximum absolute atomic E-state index is 12.9. The van der Waals surface area contributed by atoms with E-state index in [1.54, 1.807) is 18.2 Å². The molecule has 0 aromatic heterocycles. The third kappa shape index (κ3) is 4.05. The van der Waals surface area contributed by atoms with E-state index in [2.05, 4.69) is 5.32 Å². The molecule has 156 valence electrons. The maximum atomic E-state index is 12.9. The van der Waals surface area contributed by atoms with Crippen LogP contribution in [0.3, 0.4) is 0 Å². The number of hydrogen-bond acceptors (Lipinski definition) is 4. The van der Waals surface area contributed by atoms with Crippen LogP contribution in [0.15, 0.2) is 66.7 Å². The quantitative estimate of drug-likeness (QED) is 0.617. The zero-order valence-electron chi connectivity index (χ0n) is 17.3. The summed E-state index contributed by atoms with van der Waals surface area (Å²) in [6.45, 7) is 2.21. The fourth-order valence-electron chi connectivity index (χ4n) is 3.63. The van der Waals surface area contributed by atoms with Gasteiger partial charge < -0.3 is 10.1 Å². The van der Waals surface area contributed by atoms with Gasteiger partial charge in [0.25, 0.3) is 17.7 Å². The number of fused-ring (bicyclic) bond motifs is 1. The van der Waals surface area contributed by atoms with Crippen molar-refractivity contribution in [1.82, 2.24) is 4.90 Å². The molecule has 3 aromatic rings. The molecule has 3 aromatic carbocycles. The summed E-state index contributed by atoms with van der Waals surface area (Å²) in [6, 6.07) is 19.7. The van der Waals surface area contributed by atoms with Gasteiger partial charge in [-0.1, -0.05) is 36.4 Å². The summed E-state index contributed by atoms with van der Waals surface area (Å²) in [5.74, 6) is -0.546.